The zero-order valence-corrected chi connectivity index (χ0v) is 19.6. The van der Waals surface area contributed by atoms with Crippen molar-refractivity contribution in [1.82, 2.24) is 9.78 Å². The lowest BCUT2D eigenvalue weighted by Crippen LogP contribution is -2.16. The van der Waals surface area contributed by atoms with Crippen molar-refractivity contribution in [3.8, 4) is 26.7 Å². The second kappa shape index (κ2) is 8.90. The highest BCUT2D eigenvalue weighted by Gasteiger charge is 2.25. The number of benzene rings is 2. The molecule has 0 saturated heterocycles. The molecular weight excluding hydrogens is 444 g/mol. The van der Waals surface area contributed by atoms with Gasteiger partial charge < -0.3 is 9.84 Å². The van der Waals surface area contributed by atoms with Gasteiger partial charge in [-0.2, -0.15) is 5.10 Å². The molecule has 0 aliphatic heterocycles. The molecule has 0 saturated carbocycles. The summed E-state index contributed by atoms with van der Waals surface area (Å²) in [5, 5.41) is 15.8. The number of hydrogen-bond donors (Lipinski definition) is 1. The second-order valence-corrected chi connectivity index (χ2v) is 9.26. The molecule has 5 nitrogen and oxygen atoms in total. The van der Waals surface area contributed by atoms with Gasteiger partial charge >= 0.3 is 5.97 Å². The average Bonchev–Trinajstić information content (AvgIpc) is 3.41. The summed E-state index contributed by atoms with van der Waals surface area (Å²) in [6.07, 6.45) is 0. The number of hydrogen-bond acceptors (Lipinski definition) is 5. The minimum absolute atomic E-state index is 0.319. The number of para-hydroxylation sites is 1. The van der Waals surface area contributed by atoms with Crippen LogP contribution in [0.4, 0.5) is 0 Å². The Labute approximate surface area is 195 Å². The van der Waals surface area contributed by atoms with E-state index in [1.165, 1.54) is 11.3 Å². The first kappa shape index (κ1) is 22.3. The highest BCUT2D eigenvalue weighted by atomic mass is 35.5. The van der Waals surface area contributed by atoms with Gasteiger partial charge in [-0.1, -0.05) is 41.9 Å². The molecule has 4 aromatic rings. The quantitative estimate of drug-likeness (QED) is 0.337. The summed E-state index contributed by atoms with van der Waals surface area (Å²) in [7, 11) is 0. The van der Waals surface area contributed by atoms with Crippen LogP contribution in [0.15, 0.2) is 66.7 Å². The summed E-state index contributed by atoms with van der Waals surface area (Å²) in [5.74, 6) is -0.344. The number of carbonyl (C=O) groups excluding carboxylic acids is 1. The van der Waals surface area contributed by atoms with E-state index >= 15 is 0 Å². The molecule has 0 fully saturated rings. The second-order valence-electron chi connectivity index (χ2n) is 7.77. The van der Waals surface area contributed by atoms with Gasteiger partial charge in [0, 0.05) is 10.4 Å². The molecule has 0 radical (unpaired) electrons. The van der Waals surface area contributed by atoms with Crippen LogP contribution in [-0.2, 0) is 10.3 Å². The molecule has 0 atom stereocenters. The molecule has 1 N–H and O–H groups in total. The smallest absolute Gasteiger partial charge is 0.338 e. The lowest BCUT2D eigenvalue weighted by atomic mass is 10.1. The molecule has 0 amide bonds. The SMILES string of the molecule is CCOC(=O)c1ccccc1-c1ccc(-c2cc(C(C)(C)O)nn2-c2ccccc2Cl)s1. The summed E-state index contributed by atoms with van der Waals surface area (Å²) in [6.45, 7) is 5.51. The number of aliphatic hydroxyl groups is 1. The van der Waals surface area contributed by atoms with E-state index in [0.717, 1.165) is 26.7 Å². The van der Waals surface area contributed by atoms with E-state index in [2.05, 4.69) is 5.10 Å². The Morgan fingerprint density at radius 1 is 1.09 bits per heavy atom. The Morgan fingerprint density at radius 3 is 2.50 bits per heavy atom. The first-order chi connectivity index (χ1) is 15.3. The van der Waals surface area contributed by atoms with Crippen molar-refractivity contribution < 1.29 is 14.6 Å². The van der Waals surface area contributed by atoms with Crippen LogP contribution in [0.1, 0.15) is 36.8 Å². The molecule has 2 heterocycles. The van der Waals surface area contributed by atoms with Crippen molar-refractivity contribution in [2.45, 2.75) is 26.4 Å². The van der Waals surface area contributed by atoms with Gasteiger partial charge in [-0.05, 0) is 57.2 Å². The zero-order valence-electron chi connectivity index (χ0n) is 18.0. The number of thiophene rings is 1. The Balaban J connectivity index is 1.83. The van der Waals surface area contributed by atoms with E-state index in [9.17, 15) is 9.90 Å². The topological polar surface area (TPSA) is 64.3 Å². The average molecular weight is 467 g/mol. The lowest BCUT2D eigenvalue weighted by molar-refractivity contribution is 0.0527. The molecule has 4 rings (SSSR count). The molecule has 0 unspecified atom stereocenters. The van der Waals surface area contributed by atoms with Crippen molar-refractivity contribution in [2.75, 3.05) is 6.61 Å². The summed E-state index contributed by atoms with van der Waals surface area (Å²) in [4.78, 5) is 14.3. The van der Waals surface area contributed by atoms with Gasteiger partial charge in [0.15, 0.2) is 0 Å². The maximum atomic E-state index is 12.4. The Kier molecular flexibility index (Phi) is 6.20. The van der Waals surface area contributed by atoms with Crippen molar-refractivity contribution in [3.05, 3.63) is 83.0 Å². The lowest BCUT2D eigenvalue weighted by Gasteiger charge is -2.13. The number of carbonyl (C=O) groups is 1. The van der Waals surface area contributed by atoms with E-state index in [0.29, 0.717) is 22.9 Å². The Bertz CT molecular complexity index is 1270. The standard InChI is InChI=1S/C25H23ClN2O3S/c1-4-31-24(29)17-10-6-5-9-16(17)21-13-14-22(32-21)20-15-23(25(2,3)30)27-28(20)19-12-8-7-11-18(19)26/h5-15,30H,4H2,1-3H3. The third kappa shape index (κ3) is 4.35. The minimum atomic E-state index is -1.11. The van der Waals surface area contributed by atoms with E-state index < -0.39 is 5.60 Å². The fraction of sp³-hybridized carbons (Fsp3) is 0.200. The number of aromatic nitrogens is 2. The molecule has 7 heteroatoms. The van der Waals surface area contributed by atoms with Gasteiger partial charge in [-0.15, -0.1) is 11.3 Å². The van der Waals surface area contributed by atoms with Gasteiger partial charge in [0.05, 0.1) is 39.1 Å². The summed E-state index contributed by atoms with van der Waals surface area (Å²) >= 11 is 7.99. The molecule has 0 bridgehead atoms. The monoisotopic (exact) mass is 466 g/mol. The third-order valence-electron chi connectivity index (χ3n) is 4.96. The maximum absolute atomic E-state index is 12.4. The molecule has 32 heavy (non-hydrogen) atoms. The van der Waals surface area contributed by atoms with Gasteiger partial charge in [0.25, 0.3) is 0 Å². The van der Waals surface area contributed by atoms with Gasteiger partial charge in [0.1, 0.15) is 5.60 Å². The number of halogens is 1. The van der Waals surface area contributed by atoms with Gasteiger partial charge in [-0.25, -0.2) is 9.48 Å². The molecule has 0 aliphatic carbocycles. The number of nitrogens with zero attached hydrogens (tertiary/aromatic N) is 2. The van der Waals surface area contributed by atoms with E-state index in [1.807, 2.05) is 60.7 Å². The van der Waals surface area contributed by atoms with E-state index in [-0.39, 0.29) is 5.97 Å². The largest absolute Gasteiger partial charge is 0.462 e. The van der Waals surface area contributed by atoms with Gasteiger partial charge in [0.2, 0.25) is 0 Å². The normalized spacial score (nSPS) is 11.5. The molecule has 164 valence electrons. The first-order valence-corrected chi connectivity index (χ1v) is 11.4. The highest BCUT2D eigenvalue weighted by molar-refractivity contribution is 7.18. The molecule has 0 aliphatic rings. The van der Waals surface area contributed by atoms with Crippen LogP contribution in [-0.4, -0.2) is 27.5 Å². The van der Waals surface area contributed by atoms with Crippen molar-refractivity contribution >= 4 is 28.9 Å². The summed E-state index contributed by atoms with van der Waals surface area (Å²) in [6, 6.07) is 20.7. The summed E-state index contributed by atoms with van der Waals surface area (Å²) < 4.78 is 6.97. The zero-order chi connectivity index (χ0) is 22.9. The van der Waals surface area contributed by atoms with Crippen LogP contribution in [0.25, 0.3) is 26.7 Å². The predicted molar refractivity (Wildman–Crippen MR) is 129 cm³/mol. The van der Waals surface area contributed by atoms with E-state index in [1.54, 1.807) is 31.5 Å². The van der Waals surface area contributed by atoms with Crippen molar-refractivity contribution in [1.29, 1.82) is 0 Å². The van der Waals surface area contributed by atoms with Crippen molar-refractivity contribution in [2.24, 2.45) is 0 Å². The van der Waals surface area contributed by atoms with Crippen molar-refractivity contribution in [3.63, 3.8) is 0 Å². The Morgan fingerprint density at radius 2 is 1.78 bits per heavy atom. The first-order valence-electron chi connectivity index (χ1n) is 10.2. The third-order valence-corrected chi connectivity index (χ3v) is 6.42. The summed E-state index contributed by atoms with van der Waals surface area (Å²) in [5.41, 5.74) is 2.29. The minimum Gasteiger partial charge on any atom is -0.462 e. The van der Waals surface area contributed by atoms with Crippen LogP contribution >= 0.6 is 22.9 Å². The fourth-order valence-corrected chi connectivity index (χ4v) is 4.63. The maximum Gasteiger partial charge on any atom is 0.338 e. The van der Waals surface area contributed by atoms with Crippen LogP contribution in [0.2, 0.25) is 5.02 Å². The predicted octanol–water partition coefficient (Wildman–Crippen LogP) is 6.33. The number of rotatable bonds is 6. The molecule has 2 aromatic heterocycles. The Hall–Kier alpha value is -2.93. The van der Waals surface area contributed by atoms with Gasteiger partial charge in [-0.3, -0.25) is 0 Å². The van der Waals surface area contributed by atoms with Crippen LogP contribution in [0.5, 0.6) is 0 Å². The van der Waals surface area contributed by atoms with Crippen LogP contribution < -0.4 is 0 Å². The van der Waals surface area contributed by atoms with E-state index in [4.69, 9.17) is 16.3 Å². The number of esters is 1. The highest BCUT2D eigenvalue weighted by Crippen LogP contribution is 2.39. The molecule has 0 spiro atoms. The van der Waals surface area contributed by atoms with Crippen LogP contribution in [0, 0.1) is 0 Å². The molecular formula is C25H23ClN2O3S. The molecule has 2 aromatic carbocycles. The van der Waals surface area contributed by atoms with Crippen LogP contribution in [0.3, 0.4) is 0 Å². The fourth-order valence-electron chi connectivity index (χ4n) is 3.37. The number of ether oxygens (including phenoxy) is 1.